The van der Waals surface area contributed by atoms with Gasteiger partial charge in [-0.3, -0.25) is 4.98 Å². The second-order valence-corrected chi connectivity index (χ2v) is 8.50. The highest BCUT2D eigenvalue weighted by molar-refractivity contribution is 5.69. The van der Waals surface area contributed by atoms with Crippen LogP contribution in [0, 0.1) is 6.92 Å². The lowest BCUT2D eigenvalue weighted by molar-refractivity contribution is -0.0158. The Morgan fingerprint density at radius 2 is 2.03 bits per heavy atom. The first-order valence-corrected chi connectivity index (χ1v) is 11.1. The van der Waals surface area contributed by atoms with Crippen LogP contribution in [0.5, 0.6) is 0 Å². The zero-order valence-corrected chi connectivity index (χ0v) is 18.5. The van der Waals surface area contributed by atoms with E-state index >= 15 is 0 Å². The van der Waals surface area contributed by atoms with Crippen LogP contribution in [0.3, 0.4) is 0 Å². The Balaban J connectivity index is 1.67. The van der Waals surface area contributed by atoms with Crippen LogP contribution in [0.15, 0.2) is 67.0 Å². The molecule has 1 aliphatic rings. The van der Waals surface area contributed by atoms with Gasteiger partial charge in [0.25, 0.3) is 0 Å². The molecule has 4 nitrogen and oxygen atoms in total. The highest BCUT2D eigenvalue weighted by Gasteiger charge is 2.42. The molecule has 4 rings (SSSR count). The number of ether oxygens (including phenoxy) is 1. The van der Waals surface area contributed by atoms with Gasteiger partial charge in [-0.2, -0.15) is 0 Å². The van der Waals surface area contributed by atoms with Crippen molar-refractivity contribution in [3.8, 4) is 11.1 Å². The van der Waals surface area contributed by atoms with Crippen LogP contribution < -0.4 is 5.32 Å². The van der Waals surface area contributed by atoms with E-state index in [-0.39, 0.29) is 5.92 Å². The number of aromatic nitrogens is 1. The molecule has 0 bridgehead atoms. The maximum absolute atomic E-state index is 11.7. The fourth-order valence-corrected chi connectivity index (χ4v) is 4.86. The van der Waals surface area contributed by atoms with Crippen molar-refractivity contribution >= 4 is 0 Å². The van der Waals surface area contributed by atoms with Gasteiger partial charge in [0.2, 0.25) is 0 Å². The van der Waals surface area contributed by atoms with Gasteiger partial charge in [0.05, 0.1) is 0 Å². The summed E-state index contributed by atoms with van der Waals surface area (Å²) in [6.07, 6.45) is 6.24. The topological polar surface area (TPSA) is 54.4 Å². The number of benzene rings is 2. The minimum Gasteiger partial charge on any atom is -0.385 e. The summed E-state index contributed by atoms with van der Waals surface area (Å²) in [5, 5.41) is 15.2. The normalized spacial score (nSPS) is 21.2. The number of nitrogens with zero attached hydrogens (tertiary/aromatic N) is 1. The van der Waals surface area contributed by atoms with Crippen LogP contribution in [-0.4, -0.2) is 36.9 Å². The molecule has 1 fully saturated rings. The monoisotopic (exact) mass is 416 g/mol. The number of hydrogen-bond acceptors (Lipinski definition) is 4. The molecule has 0 spiro atoms. The minimum absolute atomic E-state index is 0.0172. The van der Waals surface area contributed by atoms with Crippen LogP contribution in [0.25, 0.3) is 11.1 Å². The van der Waals surface area contributed by atoms with Gasteiger partial charge in [-0.05, 0) is 66.6 Å². The van der Waals surface area contributed by atoms with Crippen LogP contribution in [0.1, 0.15) is 41.0 Å². The molecule has 2 heterocycles. The quantitative estimate of drug-likeness (QED) is 0.553. The number of pyridine rings is 1. The Labute approximate surface area is 185 Å². The van der Waals surface area contributed by atoms with Crippen LogP contribution in [0.2, 0.25) is 0 Å². The van der Waals surface area contributed by atoms with E-state index in [1.807, 2.05) is 12.1 Å². The first-order valence-electron chi connectivity index (χ1n) is 11.1. The van der Waals surface area contributed by atoms with Crippen molar-refractivity contribution in [3.05, 3.63) is 89.2 Å². The van der Waals surface area contributed by atoms with Crippen molar-refractivity contribution in [2.75, 3.05) is 26.8 Å². The Morgan fingerprint density at radius 1 is 1.16 bits per heavy atom. The molecule has 3 aromatic rings. The standard InChI is InChI=1S/C27H32N2O2/c1-20-17-22(25-10-4-3-7-21(25)8-6-16-31-2)11-12-24(20)26-19-29-15-13-27(26,30)23-9-5-14-28-18-23/h3-5,7,9-12,14,17-18,26,29-30H,6,8,13,15-16,19H2,1-2H3/t26-,27+/m1/s1. The van der Waals surface area contributed by atoms with Crippen LogP contribution in [-0.2, 0) is 16.8 Å². The Morgan fingerprint density at radius 3 is 2.81 bits per heavy atom. The van der Waals surface area contributed by atoms with E-state index in [0.717, 1.165) is 38.1 Å². The summed E-state index contributed by atoms with van der Waals surface area (Å²) in [5.74, 6) is -0.0172. The third-order valence-corrected chi connectivity index (χ3v) is 6.54. The summed E-state index contributed by atoms with van der Waals surface area (Å²) in [5.41, 5.74) is 6.23. The smallest absolute Gasteiger partial charge is 0.100 e. The van der Waals surface area contributed by atoms with Gasteiger partial charge < -0.3 is 15.2 Å². The van der Waals surface area contributed by atoms with E-state index in [2.05, 4.69) is 59.7 Å². The van der Waals surface area contributed by atoms with E-state index < -0.39 is 5.60 Å². The van der Waals surface area contributed by atoms with Gasteiger partial charge in [0, 0.05) is 44.1 Å². The first kappa shape index (κ1) is 21.7. The number of methoxy groups -OCH3 is 1. The van der Waals surface area contributed by atoms with Crippen molar-refractivity contribution < 1.29 is 9.84 Å². The second kappa shape index (κ2) is 9.73. The lowest BCUT2D eigenvalue weighted by Crippen LogP contribution is -2.46. The van der Waals surface area contributed by atoms with Crippen molar-refractivity contribution in [2.24, 2.45) is 0 Å². The molecule has 1 aromatic heterocycles. The summed E-state index contributed by atoms with van der Waals surface area (Å²) in [6.45, 7) is 4.48. The van der Waals surface area contributed by atoms with Gasteiger partial charge >= 0.3 is 0 Å². The molecule has 2 atom stereocenters. The molecule has 1 aliphatic heterocycles. The lowest BCUT2D eigenvalue weighted by atomic mass is 9.72. The van der Waals surface area contributed by atoms with E-state index in [4.69, 9.17) is 4.74 Å². The maximum Gasteiger partial charge on any atom is 0.100 e. The number of rotatable bonds is 7. The molecule has 2 N–H and O–H groups in total. The highest BCUT2D eigenvalue weighted by atomic mass is 16.5. The SMILES string of the molecule is COCCCc1ccccc1-c1ccc([C@H]2CNCC[C@]2(O)c2cccnc2)c(C)c1. The maximum atomic E-state index is 11.7. The van der Waals surface area contributed by atoms with E-state index in [0.29, 0.717) is 6.42 Å². The Bertz CT molecular complexity index is 1010. The first-order chi connectivity index (χ1) is 15.1. The second-order valence-electron chi connectivity index (χ2n) is 8.50. The van der Waals surface area contributed by atoms with Gasteiger partial charge in [-0.15, -0.1) is 0 Å². The van der Waals surface area contributed by atoms with Gasteiger partial charge in [0.1, 0.15) is 5.60 Å². The third-order valence-electron chi connectivity index (χ3n) is 6.54. The predicted molar refractivity (Wildman–Crippen MR) is 125 cm³/mol. The molecule has 0 saturated carbocycles. The van der Waals surface area contributed by atoms with Crippen LogP contribution >= 0.6 is 0 Å². The number of piperidine rings is 1. The molecular formula is C27H32N2O2. The zero-order chi connectivity index (χ0) is 21.7. The lowest BCUT2D eigenvalue weighted by Gasteiger charge is -2.41. The summed E-state index contributed by atoms with van der Waals surface area (Å²) in [6, 6.07) is 19.2. The number of hydrogen-bond donors (Lipinski definition) is 2. The largest absolute Gasteiger partial charge is 0.385 e. The fourth-order valence-electron chi connectivity index (χ4n) is 4.86. The number of nitrogens with one attached hydrogen (secondary N) is 1. The van der Waals surface area contributed by atoms with E-state index in [1.165, 1.54) is 27.8 Å². The van der Waals surface area contributed by atoms with Gasteiger partial charge in [-0.1, -0.05) is 48.5 Å². The van der Waals surface area contributed by atoms with Crippen molar-refractivity contribution in [3.63, 3.8) is 0 Å². The zero-order valence-electron chi connectivity index (χ0n) is 18.5. The van der Waals surface area contributed by atoms with Crippen molar-refractivity contribution in [1.82, 2.24) is 10.3 Å². The molecule has 31 heavy (non-hydrogen) atoms. The Kier molecular flexibility index (Phi) is 6.81. The highest BCUT2D eigenvalue weighted by Crippen LogP contribution is 2.42. The molecule has 0 aliphatic carbocycles. The average Bonchev–Trinajstić information content (AvgIpc) is 2.81. The third kappa shape index (κ3) is 4.57. The fraction of sp³-hybridized carbons (Fsp3) is 0.370. The molecule has 2 aromatic carbocycles. The summed E-state index contributed by atoms with van der Waals surface area (Å²) < 4.78 is 5.23. The van der Waals surface area contributed by atoms with Crippen LogP contribution in [0.4, 0.5) is 0 Å². The predicted octanol–water partition coefficient (Wildman–Crippen LogP) is 4.60. The molecule has 0 radical (unpaired) electrons. The van der Waals surface area contributed by atoms with Crippen molar-refractivity contribution in [2.45, 2.75) is 37.7 Å². The number of aryl methyl sites for hydroxylation is 2. The molecular weight excluding hydrogens is 384 g/mol. The molecule has 1 saturated heterocycles. The summed E-state index contributed by atoms with van der Waals surface area (Å²) in [7, 11) is 1.75. The van der Waals surface area contributed by atoms with Gasteiger partial charge in [-0.25, -0.2) is 0 Å². The van der Waals surface area contributed by atoms with Gasteiger partial charge in [0.15, 0.2) is 0 Å². The summed E-state index contributed by atoms with van der Waals surface area (Å²) >= 11 is 0. The van der Waals surface area contributed by atoms with E-state index in [1.54, 1.807) is 19.5 Å². The molecule has 0 unspecified atom stereocenters. The Hall–Kier alpha value is -2.53. The molecule has 0 amide bonds. The van der Waals surface area contributed by atoms with E-state index in [9.17, 15) is 5.11 Å². The average molecular weight is 417 g/mol. The minimum atomic E-state index is -0.913. The van der Waals surface area contributed by atoms with Crippen molar-refractivity contribution in [1.29, 1.82) is 0 Å². The molecule has 4 heteroatoms. The summed E-state index contributed by atoms with van der Waals surface area (Å²) in [4.78, 5) is 4.26. The molecule has 162 valence electrons. The number of aliphatic hydroxyl groups is 1.